The minimum atomic E-state index is -3.87. The van der Waals surface area contributed by atoms with Crippen molar-refractivity contribution >= 4 is 15.7 Å². The summed E-state index contributed by atoms with van der Waals surface area (Å²) < 4.78 is 33.5. The monoisotopic (exact) mass is 308 g/mol. The van der Waals surface area contributed by atoms with Gasteiger partial charge in [-0.25, -0.2) is 13.6 Å². The van der Waals surface area contributed by atoms with Gasteiger partial charge < -0.3 is 15.2 Å². The highest BCUT2D eigenvalue weighted by atomic mass is 32.2. The molecule has 0 bridgehead atoms. The minimum Gasteiger partial charge on any atom is -0.497 e. The maximum absolute atomic E-state index is 11.4. The average Bonchev–Trinajstić information content (AvgIpc) is 2.45. The van der Waals surface area contributed by atoms with Crippen LogP contribution in [0.15, 0.2) is 47.4 Å². The van der Waals surface area contributed by atoms with Gasteiger partial charge in [0.2, 0.25) is 10.0 Å². The number of primary sulfonamides is 1. The van der Waals surface area contributed by atoms with Crippen molar-refractivity contribution in [2.75, 3.05) is 12.8 Å². The molecule has 0 saturated heterocycles. The summed E-state index contributed by atoms with van der Waals surface area (Å²) in [4.78, 5) is -0.148. The number of ether oxygens (including phenoxy) is 2. The molecule has 0 aromatic heterocycles. The van der Waals surface area contributed by atoms with Crippen LogP contribution >= 0.6 is 0 Å². The largest absolute Gasteiger partial charge is 0.497 e. The molecule has 0 aliphatic carbocycles. The molecule has 7 heteroatoms. The summed E-state index contributed by atoms with van der Waals surface area (Å²) in [5.74, 6) is 0.978. The van der Waals surface area contributed by atoms with E-state index in [0.717, 1.165) is 5.56 Å². The lowest BCUT2D eigenvalue weighted by Crippen LogP contribution is -2.14. The van der Waals surface area contributed by atoms with Crippen molar-refractivity contribution in [3.8, 4) is 11.5 Å². The Bertz CT molecular complexity index is 744. The van der Waals surface area contributed by atoms with Gasteiger partial charge in [-0.2, -0.15) is 0 Å². The van der Waals surface area contributed by atoms with Crippen molar-refractivity contribution in [2.45, 2.75) is 11.5 Å². The summed E-state index contributed by atoms with van der Waals surface area (Å²) in [5.41, 5.74) is 6.65. The zero-order chi connectivity index (χ0) is 15.5. The molecule has 2 rings (SSSR count). The lowest BCUT2D eigenvalue weighted by Gasteiger charge is -2.11. The van der Waals surface area contributed by atoms with Gasteiger partial charge in [-0.05, 0) is 29.8 Å². The van der Waals surface area contributed by atoms with E-state index in [-0.39, 0.29) is 22.9 Å². The second-order valence-electron chi connectivity index (χ2n) is 4.35. The van der Waals surface area contributed by atoms with Gasteiger partial charge in [0.05, 0.1) is 12.8 Å². The highest BCUT2D eigenvalue weighted by Crippen LogP contribution is 2.28. The van der Waals surface area contributed by atoms with Crippen LogP contribution in [0, 0.1) is 0 Å². The standard InChI is InChI=1S/C14H16N2O4S/c1-19-11-5-2-4-10(8-11)9-20-12-6-3-7-13(14(12)15)21(16,17)18/h2-8H,9,15H2,1H3,(H2,16,17,18). The van der Waals surface area contributed by atoms with E-state index in [9.17, 15) is 8.42 Å². The van der Waals surface area contributed by atoms with Crippen molar-refractivity contribution in [1.29, 1.82) is 0 Å². The van der Waals surface area contributed by atoms with Crippen LogP contribution in [-0.2, 0) is 16.6 Å². The maximum Gasteiger partial charge on any atom is 0.240 e. The average molecular weight is 308 g/mol. The molecule has 0 radical (unpaired) electrons. The Morgan fingerprint density at radius 2 is 1.86 bits per heavy atom. The Kier molecular flexibility index (Phi) is 4.35. The lowest BCUT2D eigenvalue weighted by molar-refractivity contribution is 0.306. The maximum atomic E-state index is 11.4. The zero-order valence-electron chi connectivity index (χ0n) is 11.4. The van der Waals surface area contributed by atoms with Crippen LogP contribution in [0.4, 0.5) is 5.69 Å². The number of hydrogen-bond acceptors (Lipinski definition) is 5. The fourth-order valence-corrected chi connectivity index (χ4v) is 2.50. The normalized spacial score (nSPS) is 11.1. The Hall–Kier alpha value is -2.25. The Morgan fingerprint density at radius 3 is 2.52 bits per heavy atom. The molecular formula is C14H16N2O4S. The van der Waals surface area contributed by atoms with E-state index < -0.39 is 10.0 Å². The second-order valence-corrected chi connectivity index (χ2v) is 5.88. The number of sulfonamides is 1. The third kappa shape index (κ3) is 3.65. The summed E-state index contributed by atoms with van der Waals surface area (Å²) in [6, 6.07) is 11.8. The number of hydrogen-bond donors (Lipinski definition) is 2. The number of nitrogens with two attached hydrogens (primary N) is 2. The molecule has 6 nitrogen and oxygen atoms in total. The van der Waals surface area contributed by atoms with E-state index in [4.69, 9.17) is 20.3 Å². The first-order chi connectivity index (χ1) is 9.91. The molecule has 0 amide bonds. The number of nitrogen functional groups attached to an aromatic ring is 1. The van der Waals surface area contributed by atoms with Crippen molar-refractivity contribution in [2.24, 2.45) is 5.14 Å². The first kappa shape index (κ1) is 15.1. The van der Waals surface area contributed by atoms with Gasteiger partial charge in [-0.3, -0.25) is 0 Å². The van der Waals surface area contributed by atoms with Crippen LogP contribution in [0.1, 0.15) is 5.56 Å². The predicted molar refractivity (Wildman–Crippen MR) is 79.6 cm³/mol. The first-order valence-electron chi connectivity index (χ1n) is 6.09. The Balaban J connectivity index is 2.21. The molecule has 0 unspecified atom stereocenters. The van der Waals surface area contributed by atoms with E-state index in [0.29, 0.717) is 5.75 Å². The van der Waals surface area contributed by atoms with E-state index >= 15 is 0 Å². The highest BCUT2D eigenvalue weighted by Gasteiger charge is 2.15. The number of anilines is 1. The van der Waals surface area contributed by atoms with Crippen molar-refractivity contribution in [3.63, 3.8) is 0 Å². The quantitative estimate of drug-likeness (QED) is 0.814. The highest BCUT2D eigenvalue weighted by molar-refractivity contribution is 7.89. The van der Waals surface area contributed by atoms with E-state index in [2.05, 4.69) is 0 Å². The molecule has 0 aliphatic heterocycles. The molecule has 0 aliphatic rings. The number of para-hydroxylation sites is 1. The van der Waals surface area contributed by atoms with Crippen LogP contribution < -0.4 is 20.3 Å². The molecular weight excluding hydrogens is 292 g/mol. The third-order valence-corrected chi connectivity index (χ3v) is 3.83. The number of benzene rings is 2. The SMILES string of the molecule is COc1cccc(COc2cccc(S(N)(=O)=O)c2N)c1. The van der Waals surface area contributed by atoms with Crippen molar-refractivity contribution in [1.82, 2.24) is 0 Å². The molecule has 0 heterocycles. The molecule has 2 aromatic carbocycles. The molecule has 21 heavy (non-hydrogen) atoms. The molecule has 0 spiro atoms. The third-order valence-electron chi connectivity index (χ3n) is 2.86. The fourth-order valence-electron chi connectivity index (χ4n) is 1.82. The van der Waals surface area contributed by atoms with E-state index in [1.54, 1.807) is 13.2 Å². The zero-order valence-corrected chi connectivity index (χ0v) is 12.3. The molecule has 2 aromatic rings. The summed E-state index contributed by atoms with van der Waals surface area (Å²) in [7, 11) is -2.30. The fraction of sp³-hybridized carbons (Fsp3) is 0.143. The Labute approximate surface area is 123 Å². The van der Waals surface area contributed by atoms with E-state index in [1.165, 1.54) is 12.1 Å². The van der Waals surface area contributed by atoms with E-state index in [1.807, 2.05) is 24.3 Å². The van der Waals surface area contributed by atoms with Crippen LogP contribution in [0.5, 0.6) is 11.5 Å². The van der Waals surface area contributed by atoms with Gasteiger partial charge in [-0.15, -0.1) is 0 Å². The van der Waals surface area contributed by atoms with Crippen molar-refractivity contribution < 1.29 is 17.9 Å². The second kappa shape index (κ2) is 6.02. The summed E-state index contributed by atoms with van der Waals surface area (Å²) in [6.45, 7) is 0.232. The van der Waals surface area contributed by atoms with Crippen LogP contribution in [0.3, 0.4) is 0 Å². The molecule has 0 fully saturated rings. The van der Waals surface area contributed by atoms with Gasteiger partial charge in [-0.1, -0.05) is 18.2 Å². The van der Waals surface area contributed by atoms with Gasteiger partial charge in [0.15, 0.2) is 0 Å². The van der Waals surface area contributed by atoms with Gasteiger partial charge in [0, 0.05) is 0 Å². The first-order valence-corrected chi connectivity index (χ1v) is 7.63. The Morgan fingerprint density at radius 1 is 1.14 bits per heavy atom. The summed E-state index contributed by atoms with van der Waals surface area (Å²) in [5, 5.41) is 5.09. The van der Waals surface area contributed by atoms with Crippen LogP contribution in [0.25, 0.3) is 0 Å². The molecule has 0 atom stereocenters. The lowest BCUT2D eigenvalue weighted by atomic mass is 10.2. The summed E-state index contributed by atoms with van der Waals surface area (Å²) in [6.07, 6.45) is 0. The minimum absolute atomic E-state index is 0.00268. The van der Waals surface area contributed by atoms with Crippen LogP contribution in [-0.4, -0.2) is 15.5 Å². The number of rotatable bonds is 5. The van der Waals surface area contributed by atoms with Crippen LogP contribution in [0.2, 0.25) is 0 Å². The van der Waals surface area contributed by atoms with Gasteiger partial charge in [0.1, 0.15) is 23.0 Å². The predicted octanol–water partition coefficient (Wildman–Crippen LogP) is 1.50. The van der Waals surface area contributed by atoms with Crippen molar-refractivity contribution in [3.05, 3.63) is 48.0 Å². The van der Waals surface area contributed by atoms with Gasteiger partial charge in [0.25, 0.3) is 0 Å². The molecule has 112 valence electrons. The molecule has 4 N–H and O–H groups in total. The smallest absolute Gasteiger partial charge is 0.240 e. The topological polar surface area (TPSA) is 105 Å². The molecule has 0 saturated carbocycles. The summed E-state index contributed by atoms with van der Waals surface area (Å²) >= 11 is 0. The van der Waals surface area contributed by atoms with Gasteiger partial charge >= 0.3 is 0 Å². The number of methoxy groups -OCH3 is 1.